The fourth-order valence-electron chi connectivity index (χ4n) is 2.21. The van der Waals surface area contributed by atoms with Crippen molar-refractivity contribution in [2.75, 3.05) is 19.0 Å². The predicted octanol–water partition coefficient (Wildman–Crippen LogP) is 3.12. The molecule has 6 heteroatoms. The second-order valence-corrected chi connectivity index (χ2v) is 6.92. The van der Waals surface area contributed by atoms with E-state index in [2.05, 4.69) is 9.97 Å². The molecule has 25 heavy (non-hydrogen) atoms. The molecule has 0 N–H and O–H groups in total. The first-order chi connectivity index (χ1) is 11.7. The van der Waals surface area contributed by atoms with Crippen molar-refractivity contribution in [2.24, 2.45) is 0 Å². The van der Waals surface area contributed by atoms with E-state index < -0.39 is 11.6 Å². The zero-order valence-corrected chi connectivity index (χ0v) is 15.2. The highest BCUT2D eigenvalue weighted by Crippen LogP contribution is 2.21. The van der Waals surface area contributed by atoms with Crippen LogP contribution in [0.5, 0.6) is 0 Å². The number of benzene rings is 1. The van der Waals surface area contributed by atoms with Gasteiger partial charge in [0.1, 0.15) is 24.2 Å². The molecule has 0 bridgehead atoms. The van der Waals surface area contributed by atoms with Crippen molar-refractivity contribution in [1.82, 2.24) is 9.97 Å². The fraction of sp³-hybridized carbons (Fsp3) is 0.368. The van der Waals surface area contributed by atoms with Crippen molar-refractivity contribution in [1.29, 1.82) is 0 Å². The molecule has 0 aliphatic rings. The van der Waals surface area contributed by atoms with Crippen molar-refractivity contribution < 1.29 is 14.3 Å². The Morgan fingerprint density at radius 3 is 2.48 bits per heavy atom. The van der Waals surface area contributed by atoms with Gasteiger partial charge in [0, 0.05) is 31.3 Å². The van der Waals surface area contributed by atoms with E-state index in [0.717, 1.165) is 11.4 Å². The lowest BCUT2D eigenvalue weighted by molar-refractivity contribution is -0.153. The summed E-state index contributed by atoms with van der Waals surface area (Å²) in [5.74, 6) is -0.0340. The molecule has 0 radical (unpaired) electrons. The lowest BCUT2D eigenvalue weighted by atomic mass is 10.0. The molecular weight excluding hydrogens is 318 g/mol. The number of esters is 1. The number of anilines is 1. The number of hydrogen-bond donors (Lipinski definition) is 0. The molecule has 132 valence electrons. The van der Waals surface area contributed by atoms with Gasteiger partial charge in [0.2, 0.25) is 0 Å². The minimum atomic E-state index is -0.608. The molecule has 0 fully saturated rings. The van der Waals surface area contributed by atoms with Gasteiger partial charge in [0.25, 0.3) is 0 Å². The van der Waals surface area contributed by atoms with Crippen molar-refractivity contribution in [3.8, 4) is 11.3 Å². The molecule has 2 rings (SSSR count). The number of hydrogen-bond acceptors (Lipinski definition) is 6. The Balaban J connectivity index is 2.20. The van der Waals surface area contributed by atoms with E-state index >= 15 is 0 Å². The molecular formula is C19H23N3O3. The summed E-state index contributed by atoms with van der Waals surface area (Å²) in [4.78, 5) is 34.5. The predicted molar refractivity (Wildman–Crippen MR) is 96.6 cm³/mol. The summed E-state index contributed by atoms with van der Waals surface area (Å²) in [6.07, 6.45) is 1.20. The highest BCUT2D eigenvalue weighted by atomic mass is 16.6. The second-order valence-electron chi connectivity index (χ2n) is 6.92. The first-order valence-corrected chi connectivity index (χ1v) is 8.00. The third-order valence-electron chi connectivity index (χ3n) is 3.32. The van der Waals surface area contributed by atoms with Crippen LogP contribution < -0.4 is 4.90 Å². The zero-order valence-electron chi connectivity index (χ0n) is 15.2. The van der Waals surface area contributed by atoms with Gasteiger partial charge in [-0.3, -0.25) is 9.59 Å². The largest absolute Gasteiger partial charge is 0.460 e. The summed E-state index contributed by atoms with van der Waals surface area (Å²) in [6.45, 7) is 5.31. The van der Waals surface area contributed by atoms with Gasteiger partial charge >= 0.3 is 5.97 Å². The summed E-state index contributed by atoms with van der Waals surface area (Å²) < 4.78 is 5.20. The van der Waals surface area contributed by atoms with Crippen LogP contribution in [0, 0.1) is 0 Å². The van der Waals surface area contributed by atoms with Crippen molar-refractivity contribution >= 4 is 17.6 Å². The Morgan fingerprint density at radius 2 is 1.84 bits per heavy atom. The Morgan fingerprint density at radius 1 is 1.12 bits per heavy atom. The molecule has 1 aromatic heterocycles. The van der Waals surface area contributed by atoms with Gasteiger partial charge < -0.3 is 9.64 Å². The molecule has 0 saturated heterocycles. The third kappa shape index (κ3) is 5.38. The van der Waals surface area contributed by atoms with E-state index in [1.165, 1.54) is 6.33 Å². The lowest BCUT2D eigenvalue weighted by Crippen LogP contribution is -2.25. The number of Topliss-reactive ketones (excluding diaryl/α,β-unsaturated/α-hetero) is 1. The molecule has 1 aromatic carbocycles. The minimum absolute atomic E-state index is 0.280. The van der Waals surface area contributed by atoms with Gasteiger partial charge in [-0.15, -0.1) is 0 Å². The van der Waals surface area contributed by atoms with Crippen LogP contribution in [0.15, 0.2) is 36.7 Å². The summed E-state index contributed by atoms with van der Waals surface area (Å²) >= 11 is 0. The zero-order chi connectivity index (χ0) is 18.6. The van der Waals surface area contributed by atoms with Crippen LogP contribution in [0.25, 0.3) is 11.3 Å². The Labute approximate surface area is 147 Å². The second kappa shape index (κ2) is 7.42. The topological polar surface area (TPSA) is 72.4 Å². The van der Waals surface area contributed by atoms with Gasteiger partial charge in [-0.25, -0.2) is 9.97 Å². The maximum absolute atomic E-state index is 12.4. The third-order valence-corrected chi connectivity index (χ3v) is 3.32. The number of ketones is 1. The molecule has 0 saturated carbocycles. The number of ether oxygens (including phenoxy) is 1. The van der Waals surface area contributed by atoms with E-state index in [1.54, 1.807) is 39.0 Å². The first-order valence-electron chi connectivity index (χ1n) is 8.00. The summed E-state index contributed by atoms with van der Waals surface area (Å²) in [5, 5.41) is 0. The molecule has 0 unspecified atom stereocenters. The molecule has 0 atom stereocenters. The van der Waals surface area contributed by atoms with E-state index in [4.69, 9.17) is 4.74 Å². The van der Waals surface area contributed by atoms with Gasteiger partial charge in [-0.2, -0.15) is 0 Å². The van der Waals surface area contributed by atoms with Crippen LogP contribution in [0.1, 0.15) is 37.6 Å². The average Bonchev–Trinajstić information content (AvgIpc) is 2.53. The monoisotopic (exact) mass is 341 g/mol. The highest BCUT2D eigenvalue weighted by Gasteiger charge is 2.20. The number of carbonyl (C=O) groups is 2. The van der Waals surface area contributed by atoms with Crippen molar-refractivity contribution in [3.63, 3.8) is 0 Å². The van der Waals surface area contributed by atoms with Crippen LogP contribution in [-0.4, -0.2) is 41.4 Å². The Bertz CT molecular complexity index is 779. The summed E-state index contributed by atoms with van der Waals surface area (Å²) in [7, 11) is 3.79. The number of rotatable bonds is 5. The average molecular weight is 341 g/mol. The SMILES string of the molecule is CN(C)c1cc(-c2cccc(C(=O)CC(=O)OC(C)(C)C)c2)ncn1. The van der Waals surface area contributed by atoms with Gasteiger partial charge in [0.05, 0.1) is 5.69 Å². The lowest BCUT2D eigenvalue weighted by Gasteiger charge is -2.19. The number of carbonyl (C=O) groups excluding carboxylic acids is 2. The normalized spacial score (nSPS) is 11.1. The van der Waals surface area contributed by atoms with Gasteiger partial charge in [-0.05, 0) is 26.8 Å². The molecule has 0 amide bonds. The maximum atomic E-state index is 12.4. The Kier molecular flexibility index (Phi) is 5.51. The van der Waals surface area contributed by atoms with E-state index in [9.17, 15) is 9.59 Å². The standard InChI is InChI=1S/C19H23N3O3/c1-19(2,3)25-18(24)11-16(23)14-8-6-7-13(9-14)15-10-17(22(4)5)21-12-20-15/h6-10,12H,11H2,1-5H3. The quantitative estimate of drug-likeness (QED) is 0.473. The van der Waals surface area contributed by atoms with Crippen LogP contribution in [0.4, 0.5) is 5.82 Å². The van der Waals surface area contributed by atoms with Crippen LogP contribution in [-0.2, 0) is 9.53 Å². The van der Waals surface area contributed by atoms with Gasteiger partial charge in [0.15, 0.2) is 5.78 Å². The fourth-order valence-corrected chi connectivity index (χ4v) is 2.21. The van der Waals surface area contributed by atoms with Gasteiger partial charge in [-0.1, -0.05) is 18.2 Å². The smallest absolute Gasteiger partial charge is 0.314 e. The van der Waals surface area contributed by atoms with Crippen molar-refractivity contribution in [3.05, 3.63) is 42.2 Å². The molecule has 6 nitrogen and oxygen atoms in total. The summed E-state index contributed by atoms with van der Waals surface area (Å²) in [5.41, 5.74) is 1.35. The van der Waals surface area contributed by atoms with Crippen LogP contribution >= 0.6 is 0 Å². The number of aromatic nitrogens is 2. The molecule has 0 aliphatic carbocycles. The first kappa shape index (κ1) is 18.6. The molecule has 1 heterocycles. The summed E-state index contributed by atoms with van der Waals surface area (Å²) in [6, 6.07) is 8.90. The van der Waals surface area contributed by atoms with E-state index in [1.807, 2.05) is 31.1 Å². The van der Waals surface area contributed by atoms with E-state index in [-0.39, 0.29) is 12.2 Å². The molecule has 0 spiro atoms. The minimum Gasteiger partial charge on any atom is -0.460 e. The van der Waals surface area contributed by atoms with E-state index in [0.29, 0.717) is 11.3 Å². The van der Waals surface area contributed by atoms with Crippen molar-refractivity contribution in [2.45, 2.75) is 32.8 Å². The van der Waals surface area contributed by atoms with Crippen LogP contribution in [0.3, 0.4) is 0 Å². The molecule has 0 aliphatic heterocycles. The highest BCUT2D eigenvalue weighted by molar-refractivity contribution is 6.06. The number of nitrogens with zero attached hydrogens (tertiary/aromatic N) is 3. The molecule has 2 aromatic rings. The van der Waals surface area contributed by atoms with Crippen LogP contribution in [0.2, 0.25) is 0 Å². The maximum Gasteiger partial charge on any atom is 0.314 e. The Hall–Kier alpha value is -2.76.